The fourth-order valence-corrected chi connectivity index (χ4v) is 4.91. The van der Waals surface area contributed by atoms with Crippen LogP contribution in [-0.4, -0.2) is 39.9 Å². The van der Waals surface area contributed by atoms with Gasteiger partial charge in [0.2, 0.25) is 5.71 Å². The highest BCUT2D eigenvalue weighted by atomic mass is 32.1. The van der Waals surface area contributed by atoms with Gasteiger partial charge in [-0.3, -0.25) is 0 Å². The number of aliphatic carboxylic acids is 1. The zero-order chi connectivity index (χ0) is 29.5. The molecule has 210 valence electrons. The van der Waals surface area contributed by atoms with Gasteiger partial charge in [-0.2, -0.15) is 0 Å². The molecular weight excluding hydrogens is 538 g/mol. The Labute approximate surface area is 243 Å². The zero-order valence-corrected chi connectivity index (χ0v) is 23.9. The number of hydrogen-bond acceptors (Lipinski definition) is 8. The third kappa shape index (κ3) is 7.06. The van der Waals surface area contributed by atoms with E-state index in [9.17, 15) is 14.7 Å². The summed E-state index contributed by atoms with van der Waals surface area (Å²) in [7, 11) is 0. The number of carbonyl (C=O) groups excluding carboxylic acids is 1. The molecule has 0 radical (unpaired) electrons. The molecule has 3 aromatic carbocycles. The number of carboxylic acid groups (broad SMARTS) is 1. The molecule has 1 heterocycles. The first kappa shape index (κ1) is 29.2. The van der Waals surface area contributed by atoms with Crippen LogP contribution in [0.25, 0.3) is 0 Å². The molecule has 0 bridgehead atoms. The third-order valence-corrected chi connectivity index (χ3v) is 6.70. The molecular formula is C32H31N3O5S. The van der Waals surface area contributed by atoms with Gasteiger partial charge in [0.25, 0.3) is 0 Å². The van der Waals surface area contributed by atoms with Crippen LogP contribution in [0.4, 0.5) is 5.13 Å². The molecule has 4 rings (SSSR count). The minimum atomic E-state index is -1.33. The normalized spacial score (nSPS) is 11.9. The van der Waals surface area contributed by atoms with Crippen molar-refractivity contribution in [1.82, 2.24) is 4.98 Å². The highest BCUT2D eigenvalue weighted by Crippen LogP contribution is 2.40. The van der Waals surface area contributed by atoms with E-state index in [0.29, 0.717) is 5.13 Å². The summed E-state index contributed by atoms with van der Waals surface area (Å²) in [4.78, 5) is 34.0. The van der Waals surface area contributed by atoms with Crippen molar-refractivity contribution in [3.63, 3.8) is 0 Å². The molecule has 0 unspecified atom stereocenters. The second-order valence-corrected chi connectivity index (χ2v) is 11.0. The molecule has 0 aliphatic heterocycles. The van der Waals surface area contributed by atoms with Crippen molar-refractivity contribution in [1.29, 1.82) is 0 Å². The Kier molecular flexibility index (Phi) is 8.99. The Bertz CT molecular complexity index is 1430. The van der Waals surface area contributed by atoms with Crippen LogP contribution in [0.3, 0.4) is 0 Å². The van der Waals surface area contributed by atoms with Crippen LogP contribution in [0.15, 0.2) is 114 Å². The van der Waals surface area contributed by atoms with E-state index < -0.39 is 28.8 Å². The number of thiazole rings is 1. The lowest BCUT2D eigenvalue weighted by Crippen LogP contribution is -2.38. The van der Waals surface area contributed by atoms with E-state index in [0.717, 1.165) is 16.7 Å². The number of oxime groups is 1. The number of esters is 1. The van der Waals surface area contributed by atoms with Gasteiger partial charge in [0.1, 0.15) is 23.4 Å². The van der Waals surface area contributed by atoms with Gasteiger partial charge in [0, 0.05) is 5.38 Å². The van der Waals surface area contributed by atoms with E-state index in [1.54, 1.807) is 26.2 Å². The number of anilines is 1. The Hall–Kier alpha value is -4.76. The van der Waals surface area contributed by atoms with Gasteiger partial charge in [-0.1, -0.05) is 103 Å². The lowest BCUT2D eigenvalue weighted by atomic mass is 9.77. The third-order valence-electron chi connectivity index (χ3n) is 5.95. The summed E-state index contributed by atoms with van der Waals surface area (Å²) in [5.41, 5.74) is 1.11. The maximum atomic E-state index is 12.1. The lowest BCUT2D eigenvalue weighted by Gasteiger charge is -2.36. The standard InChI is InChI=1S/C32H31N3O5S/c1-22(29(38)40-31(2,3)4)20-39-35-27(28(36)37)26-21-41-30(33-26)34-32(23-14-8-5-9-15-23,24-16-10-6-11-17-24)25-18-12-7-13-19-25/h5-19,21H,1,20H2,2-4H3,(H,33,34)(H,36,37)/b35-27-. The van der Waals surface area contributed by atoms with E-state index >= 15 is 0 Å². The number of carbonyl (C=O) groups is 2. The molecule has 0 saturated heterocycles. The Morgan fingerprint density at radius 2 is 1.39 bits per heavy atom. The molecule has 0 aliphatic rings. The summed E-state index contributed by atoms with van der Waals surface area (Å²) in [6, 6.07) is 30.0. The van der Waals surface area contributed by atoms with E-state index in [4.69, 9.17) is 9.57 Å². The summed E-state index contributed by atoms with van der Waals surface area (Å²) in [6.07, 6.45) is 0. The quantitative estimate of drug-likeness (QED) is 0.0722. The maximum Gasteiger partial charge on any atom is 0.360 e. The molecule has 0 aliphatic carbocycles. The van der Waals surface area contributed by atoms with Crippen molar-refractivity contribution >= 4 is 34.1 Å². The fourth-order valence-electron chi connectivity index (χ4n) is 4.16. The maximum absolute atomic E-state index is 12.1. The van der Waals surface area contributed by atoms with Crippen LogP contribution >= 0.6 is 11.3 Å². The number of ether oxygens (including phenoxy) is 1. The van der Waals surface area contributed by atoms with Gasteiger partial charge in [0.15, 0.2) is 5.13 Å². The molecule has 0 spiro atoms. The van der Waals surface area contributed by atoms with Crippen LogP contribution in [-0.2, 0) is 24.7 Å². The zero-order valence-electron chi connectivity index (χ0n) is 23.0. The summed E-state index contributed by atoms with van der Waals surface area (Å²) >= 11 is 1.24. The average molecular weight is 570 g/mol. The second-order valence-electron chi connectivity index (χ2n) is 10.1. The summed E-state index contributed by atoms with van der Waals surface area (Å²) in [5.74, 6) is -1.98. The number of nitrogens with zero attached hydrogens (tertiary/aromatic N) is 2. The van der Waals surface area contributed by atoms with Gasteiger partial charge in [-0.15, -0.1) is 11.3 Å². The Morgan fingerprint density at radius 3 is 1.83 bits per heavy atom. The highest BCUT2D eigenvalue weighted by Gasteiger charge is 2.37. The minimum Gasteiger partial charge on any atom is -0.476 e. The Morgan fingerprint density at radius 1 is 0.902 bits per heavy atom. The molecule has 0 amide bonds. The van der Waals surface area contributed by atoms with Crippen molar-refractivity contribution in [3.8, 4) is 0 Å². The lowest BCUT2D eigenvalue weighted by molar-refractivity contribution is -0.150. The molecule has 0 fully saturated rings. The smallest absolute Gasteiger partial charge is 0.360 e. The van der Waals surface area contributed by atoms with Crippen molar-refractivity contribution < 1.29 is 24.3 Å². The van der Waals surface area contributed by atoms with Crippen LogP contribution in [0.2, 0.25) is 0 Å². The first-order chi connectivity index (χ1) is 19.6. The van der Waals surface area contributed by atoms with Gasteiger partial charge in [-0.05, 0) is 37.5 Å². The SMILES string of the molecule is C=C(CO/N=C(\C(=O)O)c1csc(NC(c2ccccc2)(c2ccccc2)c2ccccc2)n1)C(=O)OC(C)(C)C. The molecule has 8 nitrogen and oxygen atoms in total. The number of carboxylic acids is 1. The topological polar surface area (TPSA) is 110 Å². The highest BCUT2D eigenvalue weighted by molar-refractivity contribution is 7.14. The number of aromatic nitrogens is 1. The van der Waals surface area contributed by atoms with E-state index in [-0.39, 0.29) is 17.9 Å². The number of rotatable bonds is 11. The van der Waals surface area contributed by atoms with Crippen molar-refractivity contribution in [2.45, 2.75) is 31.9 Å². The molecule has 41 heavy (non-hydrogen) atoms. The first-order valence-corrected chi connectivity index (χ1v) is 13.7. The summed E-state index contributed by atoms with van der Waals surface area (Å²) < 4.78 is 5.25. The minimum absolute atomic E-state index is 0.00687. The van der Waals surface area contributed by atoms with Crippen LogP contribution in [0.1, 0.15) is 43.2 Å². The summed E-state index contributed by atoms with van der Waals surface area (Å²) in [6.45, 7) is 8.51. The fraction of sp³-hybridized carbons (Fsp3) is 0.188. The molecule has 9 heteroatoms. The van der Waals surface area contributed by atoms with Crippen LogP contribution in [0, 0.1) is 0 Å². The van der Waals surface area contributed by atoms with E-state index in [1.165, 1.54) is 11.3 Å². The summed E-state index contributed by atoms with van der Waals surface area (Å²) in [5, 5.41) is 19.3. The van der Waals surface area contributed by atoms with Gasteiger partial charge >= 0.3 is 11.9 Å². The van der Waals surface area contributed by atoms with Crippen molar-refractivity contribution in [2.75, 3.05) is 11.9 Å². The average Bonchev–Trinajstić information content (AvgIpc) is 3.42. The molecule has 4 aromatic rings. The van der Waals surface area contributed by atoms with Gasteiger partial charge < -0.3 is 20.0 Å². The molecule has 2 N–H and O–H groups in total. The molecule has 1 aromatic heterocycles. The first-order valence-electron chi connectivity index (χ1n) is 12.8. The number of nitrogens with one attached hydrogen (secondary N) is 1. The number of benzene rings is 3. The molecule has 0 saturated carbocycles. The predicted molar refractivity (Wildman–Crippen MR) is 160 cm³/mol. The number of hydrogen-bond donors (Lipinski definition) is 2. The molecule has 0 atom stereocenters. The van der Waals surface area contributed by atoms with Crippen molar-refractivity contribution in [2.24, 2.45) is 5.16 Å². The second kappa shape index (κ2) is 12.6. The van der Waals surface area contributed by atoms with E-state index in [1.807, 2.05) is 91.0 Å². The van der Waals surface area contributed by atoms with Crippen LogP contribution < -0.4 is 5.32 Å². The largest absolute Gasteiger partial charge is 0.476 e. The van der Waals surface area contributed by atoms with E-state index in [2.05, 4.69) is 22.0 Å². The monoisotopic (exact) mass is 569 g/mol. The van der Waals surface area contributed by atoms with Gasteiger partial charge in [-0.25, -0.2) is 14.6 Å². The Balaban J connectivity index is 1.67. The predicted octanol–water partition coefficient (Wildman–Crippen LogP) is 6.25. The van der Waals surface area contributed by atoms with Gasteiger partial charge in [0.05, 0.1) is 5.57 Å². The van der Waals surface area contributed by atoms with Crippen molar-refractivity contribution in [3.05, 3.63) is 131 Å². The van der Waals surface area contributed by atoms with Crippen LogP contribution in [0.5, 0.6) is 0 Å².